The molecule has 0 spiro atoms. The van der Waals surface area contributed by atoms with Crippen molar-refractivity contribution in [1.29, 1.82) is 0 Å². The molecule has 0 bridgehead atoms. The number of rotatable bonds is 6. The van der Waals surface area contributed by atoms with E-state index in [1.54, 1.807) is 0 Å². The minimum absolute atomic E-state index is 0. The fourth-order valence-electron chi connectivity index (χ4n) is 3.47. The van der Waals surface area contributed by atoms with E-state index in [-0.39, 0.29) is 42.3 Å². The van der Waals surface area contributed by atoms with Gasteiger partial charge in [0.05, 0.1) is 11.2 Å². The molecule has 0 amide bonds. The van der Waals surface area contributed by atoms with Crippen molar-refractivity contribution in [3.8, 4) is 11.1 Å². The summed E-state index contributed by atoms with van der Waals surface area (Å²) in [6.07, 6.45) is 1.77. The molecule has 262 valence electrons. The number of ether oxygens (including phenoxy) is 1. The number of esters is 1. The highest BCUT2D eigenvalue weighted by atomic mass is 32.2. The Morgan fingerprint density at radius 2 is 1.17 bits per heavy atom. The lowest BCUT2D eigenvalue weighted by atomic mass is 9.84. The third-order valence-corrected chi connectivity index (χ3v) is 9.13. The Hall–Kier alpha value is -2.71. The number of nitrogens with zero attached hydrogens (tertiary/aromatic N) is 1. The Balaban J connectivity index is 0.000000628. The third kappa shape index (κ3) is 15.7. The van der Waals surface area contributed by atoms with E-state index in [0.717, 1.165) is 35.6 Å². The zero-order valence-electron chi connectivity index (χ0n) is 30.3. The maximum absolute atomic E-state index is 11.1. The average molecular weight is 661 g/mol. The lowest BCUT2D eigenvalue weighted by Gasteiger charge is -2.22. The maximum atomic E-state index is 11.1. The normalized spacial score (nSPS) is 13.7. The molecule has 2 aliphatic carbocycles. The van der Waals surface area contributed by atoms with Crippen molar-refractivity contribution in [2.24, 2.45) is 22.4 Å². The van der Waals surface area contributed by atoms with E-state index in [0.29, 0.717) is 5.41 Å². The van der Waals surface area contributed by atoms with Crippen LogP contribution in [0, 0.1) is 17.3 Å². The molecule has 2 aliphatic rings. The Morgan fingerprint density at radius 3 is 1.43 bits per heavy atom. The predicted octanol–water partition coefficient (Wildman–Crippen LogP) is 9.63. The van der Waals surface area contributed by atoms with E-state index in [9.17, 15) is 13.2 Å². The molecule has 4 rings (SSSR count). The zero-order chi connectivity index (χ0) is 34.8. The first-order valence-electron chi connectivity index (χ1n) is 16.2. The highest BCUT2D eigenvalue weighted by Gasteiger charge is 2.35. The van der Waals surface area contributed by atoms with Crippen LogP contribution >= 0.6 is 0 Å². The monoisotopic (exact) mass is 660 g/mol. The second kappa shape index (κ2) is 18.6. The highest BCUT2D eigenvalue weighted by Crippen LogP contribution is 2.36. The van der Waals surface area contributed by atoms with Crippen molar-refractivity contribution in [1.82, 2.24) is 4.72 Å². The first-order chi connectivity index (χ1) is 20.6. The topological polar surface area (TPSA) is 94.1 Å². The van der Waals surface area contributed by atoms with Gasteiger partial charge in [-0.25, -0.2) is 13.1 Å². The summed E-state index contributed by atoms with van der Waals surface area (Å²) in [6, 6.07) is 16.7. The maximum Gasteiger partial charge on any atom is 0.308 e. The van der Waals surface area contributed by atoms with Gasteiger partial charge in [-0.2, -0.15) is 0 Å². The molecule has 0 heterocycles. The first kappa shape index (κ1) is 43.3. The average Bonchev–Trinajstić information content (AvgIpc) is 3.71. The number of nitrogens with one attached hydrogen (secondary N) is 1. The molecular formula is C38H64N2O5S. The second-order valence-electron chi connectivity index (χ2n) is 14.9. The second-order valence-corrected chi connectivity index (χ2v) is 16.9. The number of oxime groups is 1. The Labute approximate surface area is 282 Å². The number of hydrogen-bond donors (Lipinski definition) is 1. The van der Waals surface area contributed by atoms with Crippen LogP contribution in [0.2, 0.25) is 0 Å². The van der Waals surface area contributed by atoms with Gasteiger partial charge in [0.1, 0.15) is 17.4 Å². The molecule has 1 fully saturated rings. The number of fused-ring (bicyclic) bond motifs is 3. The van der Waals surface area contributed by atoms with Gasteiger partial charge >= 0.3 is 5.97 Å². The zero-order valence-corrected chi connectivity index (χ0v) is 31.1. The molecule has 2 aromatic rings. The summed E-state index contributed by atoms with van der Waals surface area (Å²) in [5.41, 5.74) is 5.87. The van der Waals surface area contributed by atoms with Gasteiger partial charge in [-0.05, 0) is 83.8 Å². The SMILES string of the molecule is C.CC(C)C(=O)OC(C)(C)C.CC(C)C(C)(C)C.CC(C)NS(=O)(=O)C1CC1.CC(C)ON=C1c2ccccc2-c2ccccc21. The molecule has 2 aromatic carbocycles. The lowest BCUT2D eigenvalue weighted by Crippen LogP contribution is -2.32. The molecule has 1 saturated carbocycles. The molecule has 0 radical (unpaired) electrons. The predicted molar refractivity (Wildman–Crippen MR) is 196 cm³/mol. The van der Waals surface area contributed by atoms with Crippen molar-refractivity contribution in [2.45, 2.75) is 140 Å². The number of carbonyl (C=O) groups excluding carboxylic acids is 1. The van der Waals surface area contributed by atoms with Crippen LogP contribution in [0.3, 0.4) is 0 Å². The molecule has 0 unspecified atom stereocenters. The van der Waals surface area contributed by atoms with Crippen molar-refractivity contribution >= 4 is 21.7 Å². The standard InChI is InChI=1S/C16H15NO.C8H16O2.C7H16.C6H13NO2S.CH4/c1-11(2)18-17-16-14-9-5-3-7-12(14)13-8-4-6-10-15(13)16;1-6(2)7(9)10-8(3,4)5;1-6(2)7(3,4)5;1-5(2)7-10(8,9)6-3-4-6;/h3-11H,1-2H3;6H,1-5H3;6H,1-5H3;5-7H,3-4H2,1-2H3;1H4. The van der Waals surface area contributed by atoms with Crippen LogP contribution in [-0.2, 0) is 24.4 Å². The van der Waals surface area contributed by atoms with Crippen molar-refractivity contribution in [2.75, 3.05) is 0 Å². The van der Waals surface area contributed by atoms with E-state index in [4.69, 9.17) is 9.57 Å². The van der Waals surface area contributed by atoms with Gasteiger partial charge in [0.25, 0.3) is 0 Å². The van der Waals surface area contributed by atoms with Crippen LogP contribution in [0.5, 0.6) is 0 Å². The van der Waals surface area contributed by atoms with Gasteiger partial charge in [0, 0.05) is 17.2 Å². The van der Waals surface area contributed by atoms with Crippen LogP contribution in [0.1, 0.15) is 128 Å². The fourth-order valence-corrected chi connectivity index (χ4v) is 5.08. The van der Waals surface area contributed by atoms with Crippen LogP contribution < -0.4 is 4.72 Å². The molecule has 1 N–H and O–H groups in total. The van der Waals surface area contributed by atoms with E-state index in [1.807, 2.05) is 74.4 Å². The summed E-state index contributed by atoms with van der Waals surface area (Å²) in [7, 11) is -2.94. The number of hydrogen-bond acceptors (Lipinski definition) is 6. The molecule has 7 nitrogen and oxygen atoms in total. The Bertz CT molecular complexity index is 1300. The Kier molecular flexibility index (Phi) is 17.5. The van der Waals surface area contributed by atoms with Crippen LogP contribution in [0.4, 0.5) is 0 Å². The molecule has 0 aromatic heterocycles. The van der Waals surface area contributed by atoms with Gasteiger partial charge in [0.2, 0.25) is 10.0 Å². The van der Waals surface area contributed by atoms with Crippen molar-refractivity contribution in [3.63, 3.8) is 0 Å². The summed E-state index contributed by atoms with van der Waals surface area (Å²) in [4.78, 5) is 16.4. The van der Waals surface area contributed by atoms with Gasteiger partial charge in [-0.1, -0.05) is 110 Å². The van der Waals surface area contributed by atoms with Crippen molar-refractivity contribution in [3.05, 3.63) is 59.7 Å². The largest absolute Gasteiger partial charge is 0.460 e. The summed E-state index contributed by atoms with van der Waals surface area (Å²) < 4.78 is 29.8. The van der Waals surface area contributed by atoms with Gasteiger partial charge in [0.15, 0.2) is 0 Å². The molecule has 8 heteroatoms. The highest BCUT2D eigenvalue weighted by molar-refractivity contribution is 7.90. The quantitative estimate of drug-likeness (QED) is 0.210. The molecular weight excluding hydrogens is 596 g/mol. The van der Waals surface area contributed by atoms with E-state index >= 15 is 0 Å². The van der Waals surface area contributed by atoms with Crippen molar-refractivity contribution < 1.29 is 22.8 Å². The molecule has 46 heavy (non-hydrogen) atoms. The van der Waals surface area contributed by atoms with Crippen LogP contribution in [0.25, 0.3) is 11.1 Å². The number of benzene rings is 2. The van der Waals surface area contributed by atoms with Gasteiger partial charge in [-0.15, -0.1) is 0 Å². The first-order valence-corrected chi connectivity index (χ1v) is 17.8. The minimum Gasteiger partial charge on any atom is -0.460 e. The fraction of sp³-hybridized carbons (Fsp3) is 0.632. The molecule has 0 aliphatic heterocycles. The summed E-state index contributed by atoms with van der Waals surface area (Å²) in [6.45, 7) is 28.2. The number of sulfonamides is 1. The molecule has 0 atom stereocenters. The minimum atomic E-state index is -2.94. The van der Waals surface area contributed by atoms with E-state index in [2.05, 4.69) is 80.9 Å². The van der Waals surface area contributed by atoms with Crippen LogP contribution in [-0.4, -0.2) is 43.1 Å². The smallest absolute Gasteiger partial charge is 0.308 e. The molecule has 0 saturated heterocycles. The Morgan fingerprint density at radius 1 is 0.783 bits per heavy atom. The van der Waals surface area contributed by atoms with Gasteiger partial charge in [-0.3, -0.25) is 4.79 Å². The van der Waals surface area contributed by atoms with Crippen LogP contribution in [0.15, 0.2) is 53.7 Å². The third-order valence-electron chi connectivity index (χ3n) is 6.98. The van der Waals surface area contributed by atoms with E-state index in [1.165, 1.54) is 11.1 Å². The van der Waals surface area contributed by atoms with Gasteiger partial charge < -0.3 is 9.57 Å². The lowest BCUT2D eigenvalue weighted by molar-refractivity contribution is -0.158. The van der Waals surface area contributed by atoms with E-state index < -0.39 is 10.0 Å². The number of carbonyl (C=O) groups is 1. The summed E-state index contributed by atoms with van der Waals surface area (Å²) >= 11 is 0. The summed E-state index contributed by atoms with van der Waals surface area (Å²) in [5, 5.41) is 4.23. The summed E-state index contributed by atoms with van der Waals surface area (Å²) in [5.74, 6) is 0.638.